The molecule has 20 heavy (non-hydrogen) atoms. The fourth-order valence-electron chi connectivity index (χ4n) is 1.68. The molecule has 0 saturated carbocycles. The highest BCUT2D eigenvalue weighted by atomic mass is 35.5. The van der Waals surface area contributed by atoms with Crippen molar-refractivity contribution in [3.05, 3.63) is 22.0 Å². The molecule has 0 aliphatic carbocycles. The van der Waals surface area contributed by atoms with Crippen molar-refractivity contribution in [2.45, 2.75) is 0 Å². The number of hydrogen-bond donors (Lipinski definition) is 2. The van der Waals surface area contributed by atoms with Crippen LogP contribution in [0.2, 0.25) is 5.02 Å². The van der Waals surface area contributed by atoms with E-state index in [1.807, 2.05) is 12.1 Å². The van der Waals surface area contributed by atoms with Gasteiger partial charge in [-0.05, 0) is 6.07 Å². The summed E-state index contributed by atoms with van der Waals surface area (Å²) in [6, 6.07) is 3.74. The average Bonchev–Trinajstić information content (AvgIpc) is 2.87. The van der Waals surface area contributed by atoms with Crippen LogP contribution in [0.5, 0.6) is 11.5 Å². The van der Waals surface area contributed by atoms with Crippen LogP contribution in [0.1, 0.15) is 4.88 Å². The van der Waals surface area contributed by atoms with Gasteiger partial charge in [-0.1, -0.05) is 11.6 Å². The standard InChI is InChI=1S/C12H13ClN4O2S/c1-18-9-4-10-8(11(13)12(9)19-2)3-7(20-10)5-16-17(15)6-14/h3-6,14H,15H2,1-2H3. The Morgan fingerprint density at radius 1 is 1.40 bits per heavy atom. The Hall–Kier alpha value is -1.83. The zero-order valence-electron chi connectivity index (χ0n) is 10.9. The molecule has 3 N–H and O–H groups in total. The lowest BCUT2D eigenvalue weighted by atomic mass is 10.2. The summed E-state index contributed by atoms with van der Waals surface area (Å²) in [4.78, 5) is 0.856. The molecule has 0 aliphatic rings. The summed E-state index contributed by atoms with van der Waals surface area (Å²) in [6.07, 6.45) is 2.47. The SMILES string of the molecule is COc1cc2sc(C=NN(N)C=N)cc2c(Cl)c1OC. The molecular formula is C12H13ClN4O2S. The second kappa shape index (κ2) is 6.08. The summed E-state index contributed by atoms with van der Waals surface area (Å²) in [5.74, 6) is 6.45. The van der Waals surface area contributed by atoms with E-state index in [1.54, 1.807) is 20.4 Å². The fourth-order valence-corrected chi connectivity index (χ4v) is 3.03. The van der Waals surface area contributed by atoms with Gasteiger partial charge < -0.3 is 9.47 Å². The molecule has 1 aromatic heterocycles. The minimum atomic E-state index is 0.495. The van der Waals surface area contributed by atoms with Gasteiger partial charge in [0.15, 0.2) is 11.5 Å². The highest BCUT2D eigenvalue weighted by molar-refractivity contribution is 7.20. The number of ether oxygens (including phenoxy) is 2. The Morgan fingerprint density at radius 2 is 2.15 bits per heavy atom. The molecule has 2 rings (SSSR count). The third-order valence-corrected chi connectivity index (χ3v) is 3.97. The maximum absolute atomic E-state index is 6.93. The topological polar surface area (TPSA) is 83.9 Å². The molecule has 0 radical (unpaired) electrons. The molecule has 1 aromatic carbocycles. The molecule has 0 fully saturated rings. The van der Waals surface area contributed by atoms with Crippen molar-refractivity contribution in [1.82, 2.24) is 5.12 Å². The number of hydrazine groups is 1. The van der Waals surface area contributed by atoms with Crippen LogP contribution in [-0.4, -0.2) is 31.9 Å². The van der Waals surface area contributed by atoms with Gasteiger partial charge in [-0.25, -0.2) is 5.84 Å². The third kappa shape index (κ3) is 2.69. The number of thiophene rings is 1. The average molecular weight is 313 g/mol. The molecule has 106 valence electrons. The molecule has 0 spiro atoms. The summed E-state index contributed by atoms with van der Waals surface area (Å²) < 4.78 is 11.5. The number of hydrogen-bond acceptors (Lipinski definition) is 6. The van der Waals surface area contributed by atoms with E-state index in [9.17, 15) is 0 Å². The Bertz CT molecular complexity index is 671. The van der Waals surface area contributed by atoms with E-state index in [4.69, 9.17) is 32.3 Å². The molecular weight excluding hydrogens is 300 g/mol. The maximum Gasteiger partial charge on any atom is 0.180 e. The first kappa shape index (κ1) is 14.6. The molecule has 2 aromatic rings. The van der Waals surface area contributed by atoms with Crippen LogP contribution < -0.4 is 15.3 Å². The van der Waals surface area contributed by atoms with Crippen LogP contribution in [0.4, 0.5) is 0 Å². The van der Waals surface area contributed by atoms with Crippen molar-refractivity contribution < 1.29 is 9.47 Å². The zero-order chi connectivity index (χ0) is 14.7. The smallest absolute Gasteiger partial charge is 0.180 e. The lowest BCUT2D eigenvalue weighted by molar-refractivity contribution is 0.356. The largest absolute Gasteiger partial charge is 0.493 e. The van der Waals surface area contributed by atoms with Crippen LogP contribution in [0.3, 0.4) is 0 Å². The van der Waals surface area contributed by atoms with Crippen LogP contribution in [0.15, 0.2) is 17.2 Å². The zero-order valence-corrected chi connectivity index (χ0v) is 12.5. The second-order valence-electron chi connectivity index (χ2n) is 3.74. The molecule has 0 saturated heterocycles. The number of rotatable bonds is 5. The number of hydrazone groups is 1. The Kier molecular flexibility index (Phi) is 4.43. The highest BCUT2D eigenvalue weighted by Crippen LogP contribution is 2.43. The molecule has 0 atom stereocenters. The van der Waals surface area contributed by atoms with Crippen LogP contribution in [0, 0.1) is 5.41 Å². The summed E-state index contributed by atoms with van der Waals surface area (Å²) in [6.45, 7) is 0. The number of fused-ring (bicyclic) bond motifs is 1. The number of nitrogens with two attached hydrogens (primary N) is 1. The van der Waals surface area contributed by atoms with Gasteiger partial charge in [0.2, 0.25) is 0 Å². The van der Waals surface area contributed by atoms with Gasteiger partial charge in [0, 0.05) is 21.0 Å². The van der Waals surface area contributed by atoms with Crippen molar-refractivity contribution in [3.63, 3.8) is 0 Å². The Balaban J connectivity index is 2.51. The normalized spacial score (nSPS) is 11.0. The predicted octanol–water partition coefficient (Wildman–Crippen LogP) is 2.69. The maximum atomic E-state index is 6.93. The van der Waals surface area contributed by atoms with Gasteiger partial charge in [-0.15, -0.1) is 11.3 Å². The van der Waals surface area contributed by atoms with Crippen LogP contribution >= 0.6 is 22.9 Å². The van der Waals surface area contributed by atoms with Crippen molar-refractivity contribution in [1.29, 1.82) is 5.41 Å². The lowest BCUT2D eigenvalue weighted by Gasteiger charge is -2.09. The van der Waals surface area contributed by atoms with Gasteiger partial charge in [-0.3, -0.25) is 5.41 Å². The van der Waals surface area contributed by atoms with E-state index >= 15 is 0 Å². The summed E-state index contributed by atoms with van der Waals surface area (Å²) in [5.41, 5.74) is 0. The number of nitrogens with one attached hydrogen (secondary N) is 1. The molecule has 0 amide bonds. The van der Waals surface area contributed by atoms with Gasteiger partial charge >= 0.3 is 0 Å². The van der Waals surface area contributed by atoms with E-state index in [0.29, 0.717) is 16.5 Å². The van der Waals surface area contributed by atoms with Crippen molar-refractivity contribution in [3.8, 4) is 11.5 Å². The lowest BCUT2D eigenvalue weighted by Crippen LogP contribution is -2.22. The summed E-state index contributed by atoms with van der Waals surface area (Å²) in [5, 5.41) is 13.1. The first-order valence-electron chi connectivity index (χ1n) is 5.53. The number of benzene rings is 1. The summed E-state index contributed by atoms with van der Waals surface area (Å²) >= 11 is 7.80. The molecule has 8 heteroatoms. The quantitative estimate of drug-likeness (QED) is 0.385. The second-order valence-corrected chi connectivity index (χ2v) is 5.23. The van der Waals surface area contributed by atoms with Crippen LogP contribution in [-0.2, 0) is 0 Å². The first-order chi connectivity index (χ1) is 9.60. The Morgan fingerprint density at radius 3 is 2.75 bits per heavy atom. The summed E-state index contributed by atoms with van der Waals surface area (Å²) in [7, 11) is 3.10. The van der Waals surface area contributed by atoms with Gasteiger partial charge in [0.1, 0.15) is 6.34 Å². The third-order valence-electron chi connectivity index (χ3n) is 2.58. The van der Waals surface area contributed by atoms with Crippen molar-refractivity contribution >= 4 is 45.6 Å². The van der Waals surface area contributed by atoms with E-state index in [0.717, 1.165) is 26.4 Å². The van der Waals surface area contributed by atoms with Crippen molar-refractivity contribution in [2.75, 3.05) is 14.2 Å². The molecule has 0 aliphatic heterocycles. The van der Waals surface area contributed by atoms with E-state index in [2.05, 4.69) is 5.10 Å². The number of halogens is 1. The van der Waals surface area contributed by atoms with Gasteiger partial charge in [0.25, 0.3) is 0 Å². The highest BCUT2D eigenvalue weighted by Gasteiger charge is 2.15. The Labute approximate surface area is 124 Å². The first-order valence-corrected chi connectivity index (χ1v) is 6.72. The minimum absolute atomic E-state index is 0.495. The molecule has 0 bridgehead atoms. The van der Waals surface area contributed by atoms with E-state index in [-0.39, 0.29) is 0 Å². The number of nitrogens with zero attached hydrogens (tertiary/aromatic N) is 2. The molecule has 1 heterocycles. The number of methoxy groups -OCH3 is 2. The monoisotopic (exact) mass is 312 g/mol. The van der Waals surface area contributed by atoms with Gasteiger partial charge in [-0.2, -0.15) is 10.2 Å². The minimum Gasteiger partial charge on any atom is -0.493 e. The van der Waals surface area contributed by atoms with Crippen molar-refractivity contribution in [2.24, 2.45) is 10.9 Å². The van der Waals surface area contributed by atoms with Gasteiger partial charge in [0.05, 0.1) is 25.5 Å². The van der Waals surface area contributed by atoms with E-state index in [1.165, 1.54) is 11.3 Å². The van der Waals surface area contributed by atoms with Crippen LogP contribution in [0.25, 0.3) is 10.1 Å². The predicted molar refractivity (Wildman–Crippen MR) is 82.3 cm³/mol. The molecule has 6 nitrogen and oxygen atoms in total. The fraction of sp³-hybridized carbons (Fsp3) is 0.167. The van der Waals surface area contributed by atoms with E-state index < -0.39 is 0 Å². The molecule has 0 unspecified atom stereocenters.